The molecule has 0 radical (unpaired) electrons. The summed E-state index contributed by atoms with van der Waals surface area (Å²) < 4.78 is 10.8. The number of nitrogens with zero attached hydrogens (tertiary/aromatic N) is 6. The Kier molecular flexibility index (Phi) is 8.21. The highest BCUT2D eigenvalue weighted by Gasteiger charge is 2.25. The van der Waals surface area contributed by atoms with Gasteiger partial charge in [0, 0.05) is 52.4 Å². The third-order valence-electron chi connectivity index (χ3n) is 6.31. The molecule has 2 N–H and O–H groups in total. The second-order valence-corrected chi connectivity index (χ2v) is 8.98. The first-order chi connectivity index (χ1) is 16.5. The minimum atomic E-state index is 0.658. The van der Waals surface area contributed by atoms with Crippen LogP contribution in [0.5, 0.6) is 5.75 Å². The zero-order valence-electron chi connectivity index (χ0n) is 20.6. The topological polar surface area (TPSA) is 83.2 Å². The normalized spacial score (nSPS) is 17.6. The molecule has 0 amide bonds. The summed E-state index contributed by atoms with van der Waals surface area (Å²) in [4.78, 5) is 19.0. The standard InChI is InChI=1S/C25H37N7O2/c1-29(2)10-11-30-12-14-31(15-13-30)24-23(26)25(32-16-18-34-19-17-32)28-22(27-24)9-6-20-4-7-21(33-3)8-5-20/h4-9H,10-19,26H2,1-3H3. The molecule has 1 aromatic carbocycles. The van der Waals surface area contributed by atoms with Crippen molar-refractivity contribution in [1.29, 1.82) is 0 Å². The van der Waals surface area contributed by atoms with E-state index >= 15 is 0 Å². The Bertz CT molecular complexity index is 950. The van der Waals surface area contributed by atoms with Crippen LogP contribution in [0.4, 0.5) is 17.3 Å². The van der Waals surface area contributed by atoms with E-state index in [9.17, 15) is 0 Å². The molecule has 0 unspecified atom stereocenters. The fraction of sp³-hybridized carbons (Fsp3) is 0.520. The molecule has 2 fully saturated rings. The zero-order chi connectivity index (χ0) is 23.9. The molecule has 2 saturated heterocycles. The minimum absolute atomic E-state index is 0.658. The predicted octanol–water partition coefficient (Wildman–Crippen LogP) is 1.76. The molecule has 0 spiro atoms. The Morgan fingerprint density at radius 1 is 0.941 bits per heavy atom. The molecule has 9 nitrogen and oxygen atoms in total. The van der Waals surface area contributed by atoms with Crippen molar-refractivity contribution in [3.63, 3.8) is 0 Å². The van der Waals surface area contributed by atoms with Gasteiger partial charge in [-0.05, 0) is 37.9 Å². The average Bonchev–Trinajstić information content (AvgIpc) is 2.88. The Morgan fingerprint density at radius 2 is 1.56 bits per heavy atom. The van der Waals surface area contributed by atoms with Crippen LogP contribution in [0.25, 0.3) is 12.2 Å². The molecule has 4 rings (SSSR count). The lowest BCUT2D eigenvalue weighted by atomic mass is 10.2. The first-order valence-corrected chi connectivity index (χ1v) is 12.0. The number of methoxy groups -OCH3 is 1. The summed E-state index contributed by atoms with van der Waals surface area (Å²) in [5.41, 5.74) is 8.40. The van der Waals surface area contributed by atoms with Crippen LogP contribution in [0.3, 0.4) is 0 Å². The summed E-state index contributed by atoms with van der Waals surface area (Å²) in [5, 5.41) is 0. The SMILES string of the molecule is COc1ccc(C=Cc2nc(N3CCOCC3)c(N)c(N3CCN(CCN(C)C)CC3)n2)cc1. The van der Waals surface area contributed by atoms with Crippen molar-refractivity contribution < 1.29 is 9.47 Å². The number of nitrogen functional groups attached to an aromatic ring is 1. The van der Waals surface area contributed by atoms with E-state index in [0.29, 0.717) is 24.7 Å². The molecule has 0 bridgehead atoms. The number of anilines is 3. The molecular formula is C25H37N7O2. The van der Waals surface area contributed by atoms with Crippen molar-refractivity contribution in [3.05, 3.63) is 35.7 Å². The van der Waals surface area contributed by atoms with Crippen LogP contribution in [-0.4, -0.2) is 107 Å². The van der Waals surface area contributed by atoms with E-state index in [1.165, 1.54) is 0 Å². The molecule has 9 heteroatoms. The molecule has 0 atom stereocenters. The van der Waals surface area contributed by atoms with Crippen LogP contribution in [0.2, 0.25) is 0 Å². The van der Waals surface area contributed by atoms with Crippen LogP contribution in [0.1, 0.15) is 11.4 Å². The molecule has 34 heavy (non-hydrogen) atoms. The highest BCUT2D eigenvalue weighted by molar-refractivity contribution is 5.79. The van der Waals surface area contributed by atoms with E-state index < -0.39 is 0 Å². The minimum Gasteiger partial charge on any atom is -0.497 e. The second-order valence-electron chi connectivity index (χ2n) is 8.98. The van der Waals surface area contributed by atoms with Gasteiger partial charge in [0.15, 0.2) is 17.5 Å². The van der Waals surface area contributed by atoms with Crippen LogP contribution < -0.4 is 20.3 Å². The van der Waals surface area contributed by atoms with Gasteiger partial charge in [0.2, 0.25) is 0 Å². The maximum atomic E-state index is 6.68. The van der Waals surface area contributed by atoms with Crippen molar-refractivity contribution >= 4 is 29.5 Å². The largest absolute Gasteiger partial charge is 0.497 e. The highest BCUT2D eigenvalue weighted by Crippen LogP contribution is 2.31. The van der Waals surface area contributed by atoms with Gasteiger partial charge >= 0.3 is 0 Å². The number of hydrogen-bond acceptors (Lipinski definition) is 9. The number of ether oxygens (including phenoxy) is 2. The van der Waals surface area contributed by atoms with Gasteiger partial charge in [-0.25, -0.2) is 9.97 Å². The van der Waals surface area contributed by atoms with Gasteiger partial charge < -0.3 is 29.9 Å². The van der Waals surface area contributed by atoms with Gasteiger partial charge in [-0.2, -0.15) is 0 Å². The summed E-state index contributed by atoms with van der Waals surface area (Å²) in [6.07, 6.45) is 3.99. The third kappa shape index (κ3) is 6.16. The van der Waals surface area contributed by atoms with Gasteiger partial charge in [0.1, 0.15) is 11.4 Å². The quantitative estimate of drug-likeness (QED) is 0.624. The van der Waals surface area contributed by atoms with E-state index in [0.717, 1.165) is 75.3 Å². The van der Waals surface area contributed by atoms with Crippen molar-refractivity contribution in [2.45, 2.75) is 0 Å². The lowest BCUT2D eigenvalue weighted by Gasteiger charge is -2.37. The lowest BCUT2D eigenvalue weighted by molar-refractivity contribution is 0.122. The van der Waals surface area contributed by atoms with Crippen molar-refractivity contribution in [2.75, 3.05) is 102 Å². The number of hydrogen-bond donors (Lipinski definition) is 1. The Hall–Kier alpha value is -2.88. The Labute approximate surface area is 202 Å². The maximum absolute atomic E-state index is 6.68. The number of likely N-dealkylation sites (N-methyl/N-ethyl adjacent to an activating group) is 1. The average molecular weight is 468 g/mol. The molecule has 2 aliphatic rings. The fourth-order valence-electron chi connectivity index (χ4n) is 4.20. The first-order valence-electron chi connectivity index (χ1n) is 12.0. The monoisotopic (exact) mass is 467 g/mol. The predicted molar refractivity (Wildman–Crippen MR) is 139 cm³/mol. The third-order valence-corrected chi connectivity index (χ3v) is 6.31. The Morgan fingerprint density at radius 3 is 2.15 bits per heavy atom. The van der Waals surface area contributed by atoms with Crippen LogP contribution in [0.15, 0.2) is 24.3 Å². The van der Waals surface area contributed by atoms with Gasteiger partial charge in [-0.1, -0.05) is 18.2 Å². The summed E-state index contributed by atoms with van der Waals surface area (Å²) in [7, 11) is 5.90. The molecule has 0 saturated carbocycles. The number of morpholine rings is 1. The lowest BCUT2D eigenvalue weighted by Crippen LogP contribution is -2.48. The summed E-state index contributed by atoms with van der Waals surface area (Å²) in [6, 6.07) is 7.93. The van der Waals surface area contributed by atoms with Crippen LogP contribution in [-0.2, 0) is 4.74 Å². The van der Waals surface area contributed by atoms with E-state index in [2.05, 4.69) is 33.7 Å². The first kappa shape index (κ1) is 24.3. The summed E-state index contributed by atoms with van der Waals surface area (Å²) in [6.45, 7) is 8.87. The molecule has 2 aromatic rings. The van der Waals surface area contributed by atoms with Crippen LogP contribution in [0, 0.1) is 0 Å². The van der Waals surface area contributed by atoms with Gasteiger partial charge in [0.05, 0.1) is 20.3 Å². The number of aromatic nitrogens is 2. The Balaban J connectivity index is 1.56. The molecule has 184 valence electrons. The van der Waals surface area contributed by atoms with Crippen molar-refractivity contribution in [3.8, 4) is 5.75 Å². The van der Waals surface area contributed by atoms with E-state index in [1.807, 2.05) is 36.4 Å². The number of benzene rings is 1. The van der Waals surface area contributed by atoms with Gasteiger partial charge in [0.25, 0.3) is 0 Å². The van der Waals surface area contributed by atoms with Gasteiger partial charge in [-0.15, -0.1) is 0 Å². The van der Waals surface area contributed by atoms with E-state index in [4.69, 9.17) is 25.2 Å². The van der Waals surface area contributed by atoms with Crippen LogP contribution >= 0.6 is 0 Å². The summed E-state index contributed by atoms with van der Waals surface area (Å²) in [5.74, 6) is 3.13. The smallest absolute Gasteiger partial charge is 0.158 e. The van der Waals surface area contributed by atoms with E-state index in [1.54, 1.807) is 7.11 Å². The molecule has 0 aliphatic carbocycles. The van der Waals surface area contributed by atoms with Gasteiger partial charge in [-0.3, -0.25) is 4.90 Å². The fourth-order valence-corrected chi connectivity index (χ4v) is 4.20. The molecular weight excluding hydrogens is 430 g/mol. The van der Waals surface area contributed by atoms with Crippen molar-refractivity contribution in [2.24, 2.45) is 0 Å². The number of piperazine rings is 1. The van der Waals surface area contributed by atoms with E-state index in [-0.39, 0.29) is 0 Å². The molecule has 1 aromatic heterocycles. The maximum Gasteiger partial charge on any atom is 0.158 e. The van der Waals surface area contributed by atoms with Crippen molar-refractivity contribution in [1.82, 2.24) is 19.8 Å². The molecule has 3 heterocycles. The summed E-state index contributed by atoms with van der Waals surface area (Å²) >= 11 is 0. The highest BCUT2D eigenvalue weighted by atomic mass is 16.5. The zero-order valence-corrected chi connectivity index (χ0v) is 20.6. The molecule has 2 aliphatic heterocycles. The number of rotatable bonds is 8. The second kappa shape index (κ2) is 11.5. The number of nitrogens with two attached hydrogens (primary N) is 1.